The molecular formula is C11H17ClN2O3S. The van der Waals surface area contributed by atoms with Crippen LogP contribution in [0.1, 0.15) is 19.4 Å². The molecule has 0 bridgehead atoms. The monoisotopic (exact) mass is 292 g/mol. The minimum Gasteiger partial charge on any atom is -0.378 e. The van der Waals surface area contributed by atoms with Gasteiger partial charge in [-0.3, -0.25) is 4.72 Å². The molecule has 0 amide bonds. The van der Waals surface area contributed by atoms with E-state index in [2.05, 4.69) is 9.71 Å². The van der Waals surface area contributed by atoms with Crippen molar-refractivity contribution in [3.8, 4) is 0 Å². The third kappa shape index (κ3) is 5.20. The number of hydrogen-bond acceptors (Lipinski definition) is 4. The predicted octanol–water partition coefficient (Wildman–Crippen LogP) is 2.21. The number of halogens is 1. The van der Waals surface area contributed by atoms with Crippen LogP contribution in [-0.4, -0.2) is 31.9 Å². The summed E-state index contributed by atoms with van der Waals surface area (Å²) in [6, 6.07) is 1.64. The number of aromatic nitrogens is 1. The molecule has 1 heterocycles. The number of aryl methyl sites for hydroxylation is 1. The molecule has 0 unspecified atom stereocenters. The van der Waals surface area contributed by atoms with Crippen LogP contribution in [0.5, 0.6) is 0 Å². The number of hydrogen-bond donors (Lipinski definition) is 1. The molecule has 7 heteroatoms. The quantitative estimate of drug-likeness (QED) is 0.816. The largest absolute Gasteiger partial charge is 0.378 e. The van der Waals surface area contributed by atoms with Crippen molar-refractivity contribution in [3.63, 3.8) is 0 Å². The molecule has 0 atom stereocenters. The van der Waals surface area contributed by atoms with Gasteiger partial charge in [0.15, 0.2) is 0 Å². The van der Waals surface area contributed by atoms with E-state index in [0.717, 1.165) is 5.56 Å². The summed E-state index contributed by atoms with van der Waals surface area (Å²) < 4.78 is 31.1. The van der Waals surface area contributed by atoms with E-state index in [9.17, 15) is 8.42 Å². The molecule has 0 saturated heterocycles. The number of nitrogens with zero attached hydrogens (tertiary/aromatic N) is 1. The zero-order valence-electron chi connectivity index (χ0n) is 10.6. The molecule has 0 saturated carbocycles. The van der Waals surface area contributed by atoms with Crippen molar-refractivity contribution in [2.45, 2.75) is 26.9 Å². The summed E-state index contributed by atoms with van der Waals surface area (Å²) in [5.74, 6) is -0.0904. The third-order valence-electron chi connectivity index (χ3n) is 2.09. The van der Waals surface area contributed by atoms with E-state index in [-0.39, 0.29) is 18.5 Å². The Kier molecular flexibility index (Phi) is 5.37. The molecule has 0 aliphatic carbocycles. The average molecular weight is 293 g/mol. The van der Waals surface area contributed by atoms with E-state index in [1.165, 1.54) is 6.20 Å². The highest BCUT2D eigenvalue weighted by Gasteiger charge is 2.11. The zero-order valence-corrected chi connectivity index (χ0v) is 12.2. The highest BCUT2D eigenvalue weighted by Crippen LogP contribution is 2.17. The fourth-order valence-electron chi connectivity index (χ4n) is 1.24. The number of rotatable bonds is 6. The molecule has 0 fully saturated rings. The van der Waals surface area contributed by atoms with Gasteiger partial charge in [-0.1, -0.05) is 11.6 Å². The molecule has 0 spiro atoms. The number of ether oxygens (including phenoxy) is 1. The Balaban J connectivity index is 2.62. The van der Waals surface area contributed by atoms with Crippen molar-refractivity contribution in [2.24, 2.45) is 0 Å². The molecule has 0 radical (unpaired) electrons. The third-order valence-corrected chi connectivity index (χ3v) is 3.74. The minimum atomic E-state index is -3.42. The summed E-state index contributed by atoms with van der Waals surface area (Å²) in [6.07, 6.45) is 1.40. The van der Waals surface area contributed by atoms with Crippen LogP contribution in [-0.2, 0) is 14.8 Å². The van der Waals surface area contributed by atoms with Gasteiger partial charge in [-0.05, 0) is 32.4 Å². The highest BCUT2D eigenvalue weighted by atomic mass is 35.5. The number of sulfonamides is 1. The van der Waals surface area contributed by atoms with E-state index in [1.54, 1.807) is 13.0 Å². The van der Waals surface area contributed by atoms with Gasteiger partial charge < -0.3 is 4.74 Å². The summed E-state index contributed by atoms with van der Waals surface area (Å²) in [6.45, 7) is 5.63. The Labute approximate surface area is 113 Å². The van der Waals surface area contributed by atoms with Crippen molar-refractivity contribution in [3.05, 3.63) is 23.0 Å². The van der Waals surface area contributed by atoms with E-state index < -0.39 is 10.0 Å². The number of pyridine rings is 1. The van der Waals surface area contributed by atoms with Crippen LogP contribution in [0.25, 0.3) is 0 Å². The lowest BCUT2D eigenvalue weighted by Gasteiger charge is -2.10. The molecule has 1 aromatic heterocycles. The first-order valence-electron chi connectivity index (χ1n) is 5.54. The molecule has 0 aliphatic rings. The van der Waals surface area contributed by atoms with Crippen LogP contribution in [0.15, 0.2) is 12.3 Å². The van der Waals surface area contributed by atoms with Gasteiger partial charge in [0.1, 0.15) is 5.15 Å². The van der Waals surface area contributed by atoms with Crippen LogP contribution in [0.3, 0.4) is 0 Å². The van der Waals surface area contributed by atoms with E-state index in [4.69, 9.17) is 16.3 Å². The first kappa shape index (κ1) is 15.2. The fourth-order valence-corrected chi connectivity index (χ4v) is 2.23. The first-order valence-corrected chi connectivity index (χ1v) is 7.57. The zero-order chi connectivity index (χ0) is 13.8. The molecule has 0 aromatic carbocycles. The van der Waals surface area contributed by atoms with Crippen molar-refractivity contribution in [1.82, 2.24) is 4.98 Å². The fraction of sp³-hybridized carbons (Fsp3) is 0.545. The molecule has 1 aromatic rings. The molecule has 0 aliphatic heterocycles. The second-order valence-corrected chi connectivity index (χ2v) is 6.37. The van der Waals surface area contributed by atoms with Gasteiger partial charge in [0, 0.05) is 0 Å². The Morgan fingerprint density at radius 2 is 2.17 bits per heavy atom. The average Bonchev–Trinajstić information content (AvgIpc) is 2.22. The maximum atomic E-state index is 11.7. The van der Waals surface area contributed by atoms with Gasteiger partial charge in [0.25, 0.3) is 0 Å². The number of anilines is 1. The highest BCUT2D eigenvalue weighted by molar-refractivity contribution is 7.92. The van der Waals surface area contributed by atoms with E-state index in [1.807, 2.05) is 13.8 Å². The second kappa shape index (κ2) is 6.36. The maximum Gasteiger partial charge on any atom is 0.235 e. The number of nitrogens with one attached hydrogen (secondary N) is 1. The SMILES string of the molecule is Cc1cc(NS(=O)(=O)CCOC(C)C)cnc1Cl. The normalized spacial score (nSPS) is 11.8. The molecule has 18 heavy (non-hydrogen) atoms. The minimum absolute atomic E-state index is 0.0136. The van der Waals surface area contributed by atoms with Crippen LogP contribution in [0.2, 0.25) is 5.15 Å². The molecule has 5 nitrogen and oxygen atoms in total. The Bertz CT molecular complexity index is 503. The topological polar surface area (TPSA) is 68.3 Å². The summed E-state index contributed by atoms with van der Waals surface area (Å²) in [4.78, 5) is 3.88. The molecule has 1 N–H and O–H groups in total. The van der Waals surface area contributed by atoms with Crippen molar-refractivity contribution in [2.75, 3.05) is 17.1 Å². The smallest absolute Gasteiger partial charge is 0.235 e. The van der Waals surface area contributed by atoms with Gasteiger partial charge in [-0.25, -0.2) is 13.4 Å². The second-order valence-electron chi connectivity index (χ2n) is 4.17. The summed E-state index contributed by atoms with van der Waals surface area (Å²) in [5, 5.41) is 0.362. The Morgan fingerprint density at radius 1 is 1.50 bits per heavy atom. The van der Waals surface area contributed by atoms with E-state index >= 15 is 0 Å². The molecule has 1 rings (SSSR count). The van der Waals surface area contributed by atoms with Crippen LogP contribution < -0.4 is 4.72 Å². The lowest BCUT2D eigenvalue weighted by atomic mass is 10.3. The van der Waals surface area contributed by atoms with Crippen LogP contribution in [0, 0.1) is 6.92 Å². The van der Waals surface area contributed by atoms with Gasteiger partial charge in [-0.15, -0.1) is 0 Å². The van der Waals surface area contributed by atoms with E-state index in [0.29, 0.717) is 10.8 Å². The summed E-state index contributed by atoms with van der Waals surface area (Å²) in [5.41, 5.74) is 1.12. The lowest BCUT2D eigenvalue weighted by molar-refractivity contribution is 0.0913. The molecular weight excluding hydrogens is 276 g/mol. The summed E-state index contributed by atoms with van der Waals surface area (Å²) in [7, 11) is -3.42. The van der Waals surface area contributed by atoms with Gasteiger partial charge in [0.05, 0.1) is 30.3 Å². The first-order chi connectivity index (χ1) is 8.30. The van der Waals surface area contributed by atoms with Gasteiger partial charge >= 0.3 is 0 Å². The van der Waals surface area contributed by atoms with Gasteiger partial charge in [-0.2, -0.15) is 0 Å². The van der Waals surface area contributed by atoms with Crippen LogP contribution in [0.4, 0.5) is 5.69 Å². The lowest BCUT2D eigenvalue weighted by Crippen LogP contribution is -2.21. The maximum absolute atomic E-state index is 11.7. The van der Waals surface area contributed by atoms with Crippen molar-refractivity contribution < 1.29 is 13.2 Å². The van der Waals surface area contributed by atoms with Crippen LogP contribution >= 0.6 is 11.6 Å². The van der Waals surface area contributed by atoms with Gasteiger partial charge in [0.2, 0.25) is 10.0 Å². The predicted molar refractivity (Wildman–Crippen MR) is 72.5 cm³/mol. The molecule has 102 valence electrons. The Hall–Kier alpha value is -0.850. The van der Waals surface area contributed by atoms with Crippen molar-refractivity contribution in [1.29, 1.82) is 0 Å². The summed E-state index contributed by atoms with van der Waals surface area (Å²) >= 11 is 5.76. The Morgan fingerprint density at radius 3 is 2.72 bits per heavy atom. The standard InChI is InChI=1S/C11H17ClN2O3S/c1-8(2)17-4-5-18(15,16)14-10-6-9(3)11(12)13-7-10/h6-8,14H,4-5H2,1-3H3. The van der Waals surface area contributed by atoms with Crippen molar-refractivity contribution >= 4 is 27.3 Å².